The van der Waals surface area contributed by atoms with E-state index in [1.54, 1.807) is 11.3 Å². The smallest absolute Gasteiger partial charge is 0.148 e. The topological polar surface area (TPSA) is 48.9 Å². The largest absolute Gasteiger partial charge is 0.390 e. The number of hydrogen-bond acceptors (Lipinski definition) is 3. The van der Waals surface area contributed by atoms with Crippen LogP contribution < -0.4 is 0 Å². The third-order valence-electron chi connectivity index (χ3n) is 1.89. The molecule has 0 aromatic carbocycles. The standard InChI is InChI=1S/C9H10N2OS/c1-6-7(5-12)11-9(10-6)8-3-2-4-13-8/h2-4,12H,5H2,1H3,(H,10,11). The maximum atomic E-state index is 8.95. The summed E-state index contributed by atoms with van der Waals surface area (Å²) in [6, 6.07) is 3.99. The van der Waals surface area contributed by atoms with Crippen LogP contribution in [0.25, 0.3) is 10.7 Å². The van der Waals surface area contributed by atoms with E-state index >= 15 is 0 Å². The van der Waals surface area contributed by atoms with Crippen molar-refractivity contribution in [3.8, 4) is 10.7 Å². The van der Waals surface area contributed by atoms with Crippen molar-refractivity contribution in [3.05, 3.63) is 28.9 Å². The Morgan fingerprint density at radius 3 is 3.00 bits per heavy atom. The Hall–Kier alpha value is -1.13. The van der Waals surface area contributed by atoms with Gasteiger partial charge in [0.05, 0.1) is 17.2 Å². The highest BCUT2D eigenvalue weighted by molar-refractivity contribution is 7.13. The van der Waals surface area contributed by atoms with Crippen LogP contribution >= 0.6 is 11.3 Å². The van der Waals surface area contributed by atoms with Crippen molar-refractivity contribution in [3.63, 3.8) is 0 Å². The number of imidazole rings is 1. The lowest BCUT2D eigenvalue weighted by Crippen LogP contribution is -1.84. The summed E-state index contributed by atoms with van der Waals surface area (Å²) in [5.41, 5.74) is 1.66. The van der Waals surface area contributed by atoms with E-state index in [0.717, 1.165) is 22.1 Å². The van der Waals surface area contributed by atoms with Gasteiger partial charge < -0.3 is 10.1 Å². The third kappa shape index (κ3) is 1.50. The van der Waals surface area contributed by atoms with Crippen LogP contribution in [-0.4, -0.2) is 15.1 Å². The molecular weight excluding hydrogens is 184 g/mol. The molecule has 0 spiro atoms. The molecule has 2 aromatic rings. The van der Waals surface area contributed by atoms with Gasteiger partial charge in [-0.2, -0.15) is 0 Å². The SMILES string of the molecule is Cc1[nH]c(-c2cccs2)nc1CO. The van der Waals surface area contributed by atoms with Crippen LogP contribution in [0.5, 0.6) is 0 Å². The molecular formula is C9H10N2OS. The number of rotatable bonds is 2. The number of hydrogen-bond donors (Lipinski definition) is 2. The van der Waals surface area contributed by atoms with Gasteiger partial charge >= 0.3 is 0 Å². The van der Waals surface area contributed by atoms with Crippen LogP contribution in [0.15, 0.2) is 17.5 Å². The molecule has 0 atom stereocenters. The average Bonchev–Trinajstić information content (AvgIpc) is 2.71. The second-order valence-corrected chi connectivity index (χ2v) is 3.74. The highest BCUT2D eigenvalue weighted by Crippen LogP contribution is 2.22. The minimum Gasteiger partial charge on any atom is -0.390 e. The molecule has 0 aliphatic carbocycles. The minimum atomic E-state index is -0.00624. The monoisotopic (exact) mass is 194 g/mol. The fourth-order valence-electron chi connectivity index (χ4n) is 1.18. The quantitative estimate of drug-likeness (QED) is 0.767. The zero-order chi connectivity index (χ0) is 9.26. The minimum absolute atomic E-state index is 0.00624. The van der Waals surface area contributed by atoms with Gasteiger partial charge in [-0.3, -0.25) is 0 Å². The molecule has 2 N–H and O–H groups in total. The first-order chi connectivity index (χ1) is 6.31. The Morgan fingerprint density at radius 1 is 1.62 bits per heavy atom. The first kappa shape index (κ1) is 8.47. The van der Waals surface area contributed by atoms with E-state index in [4.69, 9.17) is 5.11 Å². The highest BCUT2D eigenvalue weighted by Gasteiger charge is 2.07. The van der Waals surface area contributed by atoms with Gasteiger partial charge in [0.1, 0.15) is 5.82 Å². The second-order valence-electron chi connectivity index (χ2n) is 2.79. The molecule has 0 saturated carbocycles. The molecule has 2 aromatic heterocycles. The molecule has 2 rings (SSSR count). The lowest BCUT2D eigenvalue weighted by atomic mass is 10.4. The first-order valence-corrected chi connectivity index (χ1v) is 4.89. The highest BCUT2D eigenvalue weighted by atomic mass is 32.1. The fraction of sp³-hybridized carbons (Fsp3) is 0.222. The Morgan fingerprint density at radius 2 is 2.46 bits per heavy atom. The number of aliphatic hydroxyl groups excluding tert-OH is 1. The predicted molar refractivity (Wildman–Crippen MR) is 52.6 cm³/mol. The molecule has 0 unspecified atom stereocenters. The van der Waals surface area contributed by atoms with Crippen LogP contribution in [-0.2, 0) is 6.61 Å². The van der Waals surface area contributed by atoms with Gasteiger partial charge in [-0.25, -0.2) is 4.98 Å². The molecule has 0 fully saturated rings. The Bertz CT molecular complexity index is 392. The summed E-state index contributed by atoms with van der Waals surface area (Å²) in [5, 5.41) is 11.0. The summed E-state index contributed by atoms with van der Waals surface area (Å²) < 4.78 is 0. The first-order valence-electron chi connectivity index (χ1n) is 4.01. The molecule has 3 nitrogen and oxygen atoms in total. The van der Waals surface area contributed by atoms with Crippen molar-refractivity contribution in [2.75, 3.05) is 0 Å². The van der Waals surface area contributed by atoms with E-state index < -0.39 is 0 Å². The van der Waals surface area contributed by atoms with Gasteiger partial charge in [0.25, 0.3) is 0 Å². The van der Waals surface area contributed by atoms with Crippen molar-refractivity contribution in [1.82, 2.24) is 9.97 Å². The number of H-pyrrole nitrogens is 1. The van der Waals surface area contributed by atoms with E-state index in [1.165, 1.54) is 0 Å². The normalized spacial score (nSPS) is 10.6. The number of thiophene rings is 1. The maximum Gasteiger partial charge on any atom is 0.148 e. The summed E-state index contributed by atoms with van der Waals surface area (Å²) in [6.45, 7) is 1.91. The van der Waals surface area contributed by atoms with E-state index in [9.17, 15) is 0 Å². The molecule has 0 bridgehead atoms. The van der Waals surface area contributed by atoms with E-state index in [1.807, 2.05) is 24.4 Å². The average molecular weight is 194 g/mol. The Labute approximate surface area is 80.1 Å². The summed E-state index contributed by atoms with van der Waals surface area (Å²) in [4.78, 5) is 8.51. The Kier molecular flexibility index (Phi) is 2.16. The van der Waals surface area contributed by atoms with Crippen LogP contribution in [0.2, 0.25) is 0 Å². The van der Waals surface area contributed by atoms with Crippen LogP contribution in [0, 0.1) is 6.92 Å². The molecule has 13 heavy (non-hydrogen) atoms. The van der Waals surface area contributed by atoms with E-state index in [0.29, 0.717) is 0 Å². The van der Waals surface area contributed by atoms with Gasteiger partial charge in [0.15, 0.2) is 0 Å². The second kappa shape index (κ2) is 3.32. The van der Waals surface area contributed by atoms with E-state index in [-0.39, 0.29) is 6.61 Å². The van der Waals surface area contributed by atoms with Gasteiger partial charge in [0.2, 0.25) is 0 Å². The van der Waals surface area contributed by atoms with Crippen molar-refractivity contribution < 1.29 is 5.11 Å². The van der Waals surface area contributed by atoms with Gasteiger partial charge in [-0.05, 0) is 18.4 Å². The van der Waals surface area contributed by atoms with Crippen LogP contribution in [0.4, 0.5) is 0 Å². The molecule has 0 aliphatic heterocycles. The van der Waals surface area contributed by atoms with Crippen molar-refractivity contribution in [2.45, 2.75) is 13.5 Å². The van der Waals surface area contributed by atoms with Crippen LogP contribution in [0.3, 0.4) is 0 Å². The molecule has 0 saturated heterocycles. The van der Waals surface area contributed by atoms with Gasteiger partial charge in [-0.15, -0.1) is 11.3 Å². The maximum absolute atomic E-state index is 8.95. The summed E-state index contributed by atoms with van der Waals surface area (Å²) in [7, 11) is 0. The number of aromatic nitrogens is 2. The molecule has 0 aliphatic rings. The summed E-state index contributed by atoms with van der Waals surface area (Å²) in [6.07, 6.45) is 0. The summed E-state index contributed by atoms with van der Waals surface area (Å²) in [5.74, 6) is 0.844. The number of aliphatic hydroxyl groups is 1. The van der Waals surface area contributed by atoms with Crippen molar-refractivity contribution in [1.29, 1.82) is 0 Å². The lowest BCUT2D eigenvalue weighted by molar-refractivity contribution is 0.276. The number of aryl methyl sites for hydroxylation is 1. The molecule has 0 amide bonds. The summed E-state index contributed by atoms with van der Waals surface area (Å²) >= 11 is 1.63. The number of nitrogens with zero attached hydrogens (tertiary/aromatic N) is 1. The van der Waals surface area contributed by atoms with Crippen molar-refractivity contribution >= 4 is 11.3 Å². The third-order valence-corrected chi connectivity index (χ3v) is 2.77. The molecule has 2 heterocycles. The number of nitrogens with one attached hydrogen (secondary N) is 1. The zero-order valence-electron chi connectivity index (χ0n) is 7.24. The predicted octanol–water partition coefficient (Wildman–Crippen LogP) is 1.94. The van der Waals surface area contributed by atoms with Crippen molar-refractivity contribution in [2.24, 2.45) is 0 Å². The fourth-order valence-corrected chi connectivity index (χ4v) is 1.85. The van der Waals surface area contributed by atoms with Gasteiger partial charge in [0, 0.05) is 5.69 Å². The molecule has 68 valence electrons. The molecule has 0 radical (unpaired) electrons. The lowest BCUT2D eigenvalue weighted by Gasteiger charge is -1.86. The van der Waals surface area contributed by atoms with Gasteiger partial charge in [-0.1, -0.05) is 6.07 Å². The zero-order valence-corrected chi connectivity index (χ0v) is 8.06. The van der Waals surface area contributed by atoms with E-state index in [2.05, 4.69) is 9.97 Å². The molecule has 4 heteroatoms. The Balaban J connectivity index is 2.43. The van der Waals surface area contributed by atoms with Crippen LogP contribution in [0.1, 0.15) is 11.4 Å². The number of aromatic amines is 1.